The smallest absolute Gasteiger partial charge is 0.234 e. The van der Waals surface area contributed by atoms with Gasteiger partial charge in [-0.05, 0) is 52.7 Å². The molecule has 0 aliphatic carbocycles. The van der Waals surface area contributed by atoms with Crippen molar-refractivity contribution in [3.63, 3.8) is 0 Å². The lowest BCUT2D eigenvalue weighted by Crippen LogP contribution is -2.14. The van der Waals surface area contributed by atoms with Crippen molar-refractivity contribution in [3.8, 4) is 0 Å². The van der Waals surface area contributed by atoms with E-state index in [1.54, 1.807) is 18.3 Å². The molecule has 0 aliphatic rings. The van der Waals surface area contributed by atoms with Crippen LogP contribution < -0.4 is 5.32 Å². The van der Waals surface area contributed by atoms with Gasteiger partial charge in [0.2, 0.25) is 5.91 Å². The normalized spacial score (nSPS) is 10.9. The van der Waals surface area contributed by atoms with Crippen LogP contribution in [0.2, 0.25) is 5.02 Å². The maximum Gasteiger partial charge on any atom is 0.234 e. The number of thioether (sulfide) groups is 1. The highest BCUT2D eigenvalue weighted by Crippen LogP contribution is 2.22. The summed E-state index contributed by atoms with van der Waals surface area (Å²) in [4.78, 5) is 23.7. The minimum atomic E-state index is -0.102. The summed E-state index contributed by atoms with van der Waals surface area (Å²) in [5.41, 5.74) is 3.14. The van der Waals surface area contributed by atoms with E-state index in [9.17, 15) is 4.79 Å². The summed E-state index contributed by atoms with van der Waals surface area (Å²) < 4.78 is 0.876. The average Bonchev–Trinajstić information content (AvgIpc) is 2.90. The minimum Gasteiger partial charge on any atom is -0.331 e. The van der Waals surface area contributed by atoms with Gasteiger partial charge in [0, 0.05) is 21.4 Å². The van der Waals surface area contributed by atoms with E-state index in [2.05, 4.69) is 36.2 Å². The highest BCUT2D eigenvalue weighted by atomic mass is 79.9. The third kappa shape index (κ3) is 4.04. The van der Waals surface area contributed by atoms with Crippen molar-refractivity contribution in [2.24, 2.45) is 0 Å². The average molecular weight is 412 g/mol. The highest BCUT2D eigenvalue weighted by molar-refractivity contribution is 9.10. The van der Waals surface area contributed by atoms with Crippen molar-refractivity contribution in [1.82, 2.24) is 15.0 Å². The SMILES string of the molecule is Cc1cc(Cl)ccc1NC(=O)CSc1nc2ncc(Br)cc2[nH]1. The Kier molecular flexibility index (Phi) is 4.89. The quantitative estimate of drug-likeness (QED) is 0.624. The molecule has 0 saturated carbocycles. The van der Waals surface area contributed by atoms with Crippen molar-refractivity contribution in [2.45, 2.75) is 12.1 Å². The van der Waals surface area contributed by atoms with Gasteiger partial charge in [-0.15, -0.1) is 0 Å². The van der Waals surface area contributed by atoms with Gasteiger partial charge < -0.3 is 10.3 Å². The van der Waals surface area contributed by atoms with Crippen LogP contribution >= 0.6 is 39.3 Å². The molecule has 118 valence electrons. The second-order valence-electron chi connectivity index (χ2n) is 4.86. The zero-order valence-corrected chi connectivity index (χ0v) is 15.2. The van der Waals surface area contributed by atoms with Crippen LogP contribution in [0.3, 0.4) is 0 Å². The molecule has 0 bridgehead atoms. The fourth-order valence-corrected chi connectivity index (χ4v) is 3.24. The molecule has 0 radical (unpaired) electrons. The molecule has 0 unspecified atom stereocenters. The van der Waals surface area contributed by atoms with Crippen LogP contribution in [0, 0.1) is 6.92 Å². The number of nitrogens with one attached hydrogen (secondary N) is 2. The van der Waals surface area contributed by atoms with E-state index in [0.717, 1.165) is 21.2 Å². The second kappa shape index (κ2) is 6.90. The Balaban J connectivity index is 1.63. The number of carbonyl (C=O) groups is 1. The fraction of sp³-hybridized carbons (Fsp3) is 0.133. The Morgan fingerprint density at radius 2 is 2.26 bits per heavy atom. The predicted octanol–water partition coefficient (Wildman–Crippen LogP) is 4.41. The van der Waals surface area contributed by atoms with Crippen LogP contribution in [0.4, 0.5) is 5.69 Å². The summed E-state index contributed by atoms with van der Waals surface area (Å²) in [7, 11) is 0. The number of aromatic amines is 1. The molecular formula is C15H12BrClN4OS. The van der Waals surface area contributed by atoms with Gasteiger partial charge in [-0.1, -0.05) is 23.4 Å². The van der Waals surface area contributed by atoms with Crippen LogP contribution in [0.15, 0.2) is 40.1 Å². The number of halogens is 2. The predicted molar refractivity (Wildman–Crippen MR) is 97.1 cm³/mol. The first-order valence-corrected chi connectivity index (χ1v) is 8.87. The van der Waals surface area contributed by atoms with Crippen LogP contribution in [0.25, 0.3) is 11.2 Å². The van der Waals surface area contributed by atoms with Crippen molar-refractivity contribution < 1.29 is 4.79 Å². The molecule has 0 saturated heterocycles. The van der Waals surface area contributed by atoms with Crippen molar-refractivity contribution >= 4 is 62.1 Å². The Labute approximate surface area is 150 Å². The highest BCUT2D eigenvalue weighted by Gasteiger charge is 2.09. The third-order valence-corrected chi connectivity index (χ3v) is 4.63. The number of pyridine rings is 1. The molecular weight excluding hydrogens is 400 g/mol. The van der Waals surface area contributed by atoms with Gasteiger partial charge in [0.05, 0.1) is 11.3 Å². The Morgan fingerprint density at radius 3 is 3.04 bits per heavy atom. The number of imidazole rings is 1. The summed E-state index contributed by atoms with van der Waals surface area (Å²) in [5, 5.41) is 4.18. The van der Waals surface area contributed by atoms with Crippen molar-refractivity contribution in [1.29, 1.82) is 0 Å². The lowest BCUT2D eigenvalue weighted by molar-refractivity contribution is -0.113. The number of H-pyrrole nitrogens is 1. The minimum absolute atomic E-state index is 0.102. The lowest BCUT2D eigenvalue weighted by atomic mass is 10.2. The number of carbonyl (C=O) groups excluding carboxylic acids is 1. The third-order valence-electron chi connectivity index (χ3n) is 3.08. The number of rotatable bonds is 4. The van der Waals surface area contributed by atoms with Gasteiger partial charge in [0.15, 0.2) is 10.8 Å². The lowest BCUT2D eigenvalue weighted by Gasteiger charge is -2.07. The van der Waals surface area contributed by atoms with E-state index in [1.165, 1.54) is 11.8 Å². The van der Waals surface area contributed by atoms with Crippen molar-refractivity contribution in [3.05, 3.63) is 45.5 Å². The van der Waals surface area contributed by atoms with Gasteiger partial charge in [0.1, 0.15) is 0 Å². The van der Waals surface area contributed by atoms with Gasteiger partial charge in [-0.3, -0.25) is 4.79 Å². The number of amides is 1. The summed E-state index contributed by atoms with van der Waals surface area (Å²) in [5.74, 6) is 0.151. The fourth-order valence-electron chi connectivity index (χ4n) is 2.01. The first kappa shape index (κ1) is 16.3. The second-order valence-corrected chi connectivity index (χ2v) is 7.18. The zero-order chi connectivity index (χ0) is 16.4. The van der Waals surface area contributed by atoms with Crippen LogP contribution in [0.5, 0.6) is 0 Å². The molecule has 0 spiro atoms. The topological polar surface area (TPSA) is 70.7 Å². The standard InChI is InChI=1S/C15H12BrClN4OS/c1-8-4-10(17)2-3-11(8)19-13(22)7-23-15-20-12-5-9(16)6-18-14(12)21-15/h2-6H,7H2,1H3,(H,19,22)(H,18,20,21). The summed E-state index contributed by atoms with van der Waals surface area (Å²) in [6.07, 6.45) is 1.69. The molecule has 23 heavy (non-hydrogen) atoms. The summed E-state index contributed by atoms with van der Waals surface area (Å²) >= 11 is 10.6. The maximum atomic E-state index is 12.1. The molecule has 0 fully saturated rings. The van der Waals surface area contributed by atoms with E-state index in [4.69, 9.17) is 11.6 Å². The molecule has 1 amide bonds. The Morgan fingerprint density at radius 1 is 1.43 bits per heavy atom. The van der Waals surface area contributed by atoms with Gasteiger partial charge >= 0.3 is 0 Å². The molecule has 5 nitrogen and oxygen atoms in total. The van der Waals surface area contributed by atoms with Crippen molar-refractivity contribution in [2.75, 3.05) is 11.1 Å². The van der Waals surface area contributed by atoms with Crippen LogP contribution in [-0.2, 0) is 4.79 Å². The number of nitrogens with zero attached hydrogens (tertiary/aromatic N) is 2. The van der Waals surface area contributed by atoms with Crippen LogP contribution in [0.1, 0.15) is 5.56 Å². The summed E-state index contributed by atoms with van der Waals surface area (Å²) in [6, 6.07) is 7.26. The molecule has 2 aromatic heterocycles. The number of aromatic nitrogens is 3. The van der Waals surface area contributed by atoms with E-state index in [-0.39, 0.29) is 11.7 Å². The maximum absolute atomic E-state index is 12.1. The van der Waals surface area contributed by atoms with Gasteiger partial charge in [0.25, 0.3) is 0 Å². The largest absolute Gasteiger partial charge is 0.331 e. The van der Waals surface area contributed by atoms with E-state index >= 15 is 0 Å². The Bertz CT molecular complexity index is 883. The first-order chi connectivity index (χ1) is 11.0. The number of fused-ring (bicyclic) bond motifs is 1. The molecule has 3 aromatic rings. The molecule has 8 heteroatoms. The molecule has 0 aliphatic heterocycles. The van der Waals surface area contributed by atoms with Gasteiger partial charge in [-0.2, -0.15) is 0 Å². The van der Waals surface area contributed by atoms with Gasteiger partial charge in [-0.25, -0.2) is 9.97 Å². The molecule has 1 aromatic carbocycles. The number of anilines is 1. The Hall–Kier alpha value is -1.57. The zero-order valence-electron chi connectivity index (χ0n) is 12.1. The van der Waals surface area contributed by atoms with E-state index < -0.39 is 0 Å². The summed E-state index contributed by atoms with van der Waals surface area (Å²) in [6.45, 7) is 1.90. The number of benzene rings is 1. The number of aryl methyl sites for hydroxylation is 1. The number of hydrogen-bond acceptors (Lipinski definition) is 4. The van der Waals surface area contributed by atoms with Crippen LogP contribution in [-0.4, -0.2) is 26.6 Å². The molecule has 2 heterocycles. The monoisotopic (exact) mass is 410 g/mol. The first-order valence-electron chi connectivity index (χ1n) is 6.71. The van der Waals surface area contributed by atoms with E-state index in [0.29, 0.717) is 15.8 Å². The number of hydrogen-bond donors (Lipinski definition) is 2. The van der Waals surface area contributed by atoms with E-state index in [1.807, 2.05) is 19.1 Å². The molecule has 2 N–H and O–H groups in total. The molecule has 3 rings (SSSR count). The molecule has 0 atom stereocenters.